The van der Waals surface area contributed by atoms with E-state index in [1.165, 1.54) is 29.7 Å². The van der Waals surface area contributed by atoms with Crippen molar-refractivity contribution in [2.75, 3.05) is 26.2 Å². The molecule has 1 amide bonds. The second kappa shape index (κ2) is 5.49. The van der Waals surface area contributed by atoms with Crippen LogP contribution in [0.5, 0.6) is 0 Å². The van der Waals surface area contributed by atoms with Gasteiger partial charge in [-0.15, -0.1) is 11.3 Å². The fraction of sp³-hybridized carbons (Fsp3) is 0.688. The summed E-state index contributed by atoms with van der Waals surface area (Å²) in [7, 11) is 0. The highest BCUT2D eigenvalue weighted by Crippen LogP contribution is 2.36. The van der Waals surface area contributed by atoms with Gasteiger partial charge in [-0.2, -0.15) is 0 Å². The molecule has 110 valence electrons. The van der Waals surface area contributed by atoms with Crippen LogP contribution in [0.4, 0.5) is 0 Å². The second-order valence-electron chi connectivity index (χ2n) is 6.46. The predicted molar refractivity (Wildman–Crippen MR) is 83.5 cm³/mol. The minimum atomic E-state index is 0.246. The summed E-state index contributed by atoms with van der Waals surface area (Å²) in [6.45, 7) is 8.27. The topological polar surface area (TPSA) is 32.3 Å². The monoisotopic (exact) mass is 292 g/mol. The molecular weight excluding hydrogens is 268 g/mol. The number of piperidine rings is 2. The van der Waals surface area contributed by atoms with E-state index in [0.29, 0.717) is 5.41 Å². The number of nitrogens with one attached hydrogen (secondary N) is 1. The van der Waals surface area contributed by atoms with E-state index in [0.717, 1.165) is 37.5 Å². The van der Waals surface area contributed by atoms with Crippen LogP contribution in [0, 0.1) is 19.3 Å². The van der Waals surface area contributed by atoms with Gasteiger partial charge in [0.25, 0.3) is 5.91 Å². The van der Waals surface area contributed by atoms with Gasteiger partial charge < -0.3 is 10.2 Å². The predicted octanol–water partition coefficient (Wildman–Crippen LogP) is 2.97. The highest BCUT2D eigenvalue weighted by atomic mass is 32.1. The van der Waals surface area contributed by atoms with E-state index in [-0.39, 0.29) is 5.91 Å². The Labute approximate surface area is 125 Å². The number of carbonyl (C=O) groups is 1. The van der Waals surface area contributed by atoms with Gasteiger partial charge in [0.2, 0.25) is 0 Å². The van der Waals surface area contributed by atoms with E-state index < -0.39 is 0 Å². The van der Waals surface area contributed by atoms with Crippen LogP contribution in [-0.2, 0) is 0 Å². The standard InChI is InChI=1S/C16H24N2OS/c1-12-9-14(20-13(12)2)15(19)18-8-4-6-16(11-18)5-3-7-17-10-16/h9,17H,3-8,10-11H2,1-2H3. The summed E-state index contributed by atoms with van der Waals surface area (Å²) >= 11 is 1.64. The van der Waals surface area contributed by atoms with Crippen LogP contribution >= 0.6 is 11.3 Å². The lowest BCUT2D eigenvalue weighted by Gasteiger charge is -2.45. The van der Waals surface area contributed by atoms with Gasteiger partial charge in [0, 0.05) is 29.9 Å². The Bertz CT molecular complexity index is 478. The van der Waals surface area contributed by atoms with E-state index in [2.05, 4.69) is 30.1 Å². The number of thiophene rings is 1. The Kier molecular flexibility index (Phi) is 3.87. The lowest BCUT2D eigenvalue weighted by atomic mass is 9.74. The van der Waals surface area contributed by atoms with Gasteiger partial charge in [-0.25, -0.2) is 0 Å². The third kappa shape index (κ3) is 2.63. The molecule has 3 nitrogen and oxygen atoms in total. The summed E-state index contributed by atoms with van der Waals surface area (Å²) < 4.78 is 0. The number of carbonyl (C=O) groups excluding carboxylic acids is 1. The van der Waals surface area contributed by atoms with Crippen molar-refractivity contribution in [2.45, 2.75) is 39.5 Å². The molecule has 1 aromatic heterocycles. The van der Waals surface area contributed by atoms with E-state index >= 15 is 0 Å². The molecule has 0 bridgehead atoms. The van der Waals surface area contributed by atoms with Gasteiger partial charge in [-0.05, 0) is 57.7 Å². The molecule has 20 heavy (non-hydrogen) atoms. The van der Waals surface area contributed by atoms with Crippen LogP contribution in [-0.4, -0.2) is 37.0 Å². The molecule has 2 aliphatic rings. The average Bonchev–Trinajstić information content (AvgIpc) is 2.79. The van der Waals surface area contributed by atoms with Gasteiger partial charge in [0.15, 0.2) is 0 Å². The SMILES string of the molecule is Cc1cc(C(=O)N2CCCC3(CCCNC3)C2)sc1C. The maximum Gasteiger partial charge on any atom is 0.263 e. The normalized spacial score (nSPS) is 27.0. The van der Waals surface area contributed by atoms with Crippen molar-refractivity contribution >= 4 is 17.2 Å². The molecular formula is C16H24N2OS. The van der Waals surface area contributed by atoms with Gasteiger partial charge in [-0.3, -0.25) is 4.79 Å². The van der Waals surface area contributed by atoms with Crippen molar-refractivity contribution < 1.29 is 4.79 Å². The van der Waals surface area contributed by atoms with Gasteiger partial charge in [0.1, 0.15) is 0 Å². The van der Waals surface area contributed by atoms with Crippen molar-refractivity contribution in [3.8, 4) is 0 Å². The summed E-state index contributed by atoms with van der Waals surface area (Å²) in [6, 6.07) is 2.06. The Balaban J connectivity index is 1.74. The molecule has 0 radical (unpaired) electrons. The minimum Gasteiger partial charge on any atom is -0.337 e. The highest BCUT2D eigenvalue weighted by molar-refractivity contribution is 7.14. The van der Waals surface area contributed by atoms with Crippen molar-refractivity contribution in [3.05, 3.63) is 21.4 Å². The zero-order valence-corrected chi connectivity index (χ0v) is 13.3. The van der Waals surface area contributed by atoms with E-state index in [1.807, 2.05) is 0 Å². The fourth-order valence-electron chi connectivity index (χ4n) is 3.59. The maximum absolute atomic E-state index is 12.7. The first-order chi connectivity index (χ1) is 9.60. The smallest absolute Gasteiger partial charge is 0.263 e. The van der Waals surface area contributed by atoms with Crippen LogP contribution in [0.25, 0.3) is 0 Å². The third-order valence-corrected chi connectivity index (χ3v) is 6.03. The highest BCUT2D eigenvalue weighted by Gasteiger charge is 2.38. The quantitative estimate of drug-likeness (QED) is 0.863. The number of hydrogen-bond acceptors (Lipinski definition) is 3. The van der Waals surface area contributed by atoms with Gasteiger partial charge in [0.05, 0.1) is 4.88 Å². The molecule has 2 fully saturated rings. The van der Waals surface area contributed by atoms with Gasteiger partial charge >= 0.3 is 0 Å². The molecule has 3 heterocycles. The maximum atomic E-state index is 12.7. The molecule has 0 saturated carbocycles. The molecule has 2 saturated heterocycles. The first-order valence-corrected chi connectivity index (χ1v) is 8.48. The summed E-state index contributed by atoms with van der Waals surface area (Å²) in [5.41, 5.74) is 1.58. The lowest BCUT2D eigenvalue weighted by Crippen LogP contribution is -2.52. The molecule has 3 rings (SSSR count). The van der Waals surface area contributed by atoms with Crippen LogP contribution < -0.4 is 5.32 Å². The van der Waals surface area contributed by atoms with Gasteiger partial charge in [-0.1, -0.05) is 0 Å². The summed E-state index contributed by atoms with van der Waals surface area (Å²) in [5, 5.41) is 3.52. The molecule has 0 aromatic carbocycles. The van der Waals surface area contributed by atoms with Crippen molar-refractivity contribution in [1.82, 2.24) is 10.2 Å². The lowest BCUT2D eigenvalue weighted by molar-refractivity contribution is 0.0438. The number of likely N-dealkylation sites (tertiary alicyclic amines) is 1. The molecule has 0 aliphatic carbocycles. The number of nitrogens with zero attached hydrogens (tertiary/aromatic N) is 1. The first kappa shape index (κ1) is 14.1. The number of hydrogen-bond donors (Lipinski definition) is 1. The summed E-state index contributed by atoms with van der Waals surface area (Å²) in [6.07, 6.45) is 4.94. The number of aryl methyl sites for hydroxylation is 2. The average molecular weight is 292 g/mol. The van der Waals surface area contributed by atoms with Crippen LogP contribution in [0.2, 0.25) is 0 Å². The van der Waals surface area contributed by atoms with E-state index in [1.54, 1.807) is 11.3 Å². The van der Waals surface area contributed by atoms with Crippen LogP contribution in [0.1, 0.15) is 45.8 Å². The van der Waals surface area contributed by atoms with E-state index in [9.17, 15) is 4.79 Å². The molecule has 1 unspecified atom stereocenters. The molecule has 2 aliphatic heterocycles. The summed E-state index contributed by atoms with van der Waals surface area (Å²) in [5.74, 6) is 0.246. The Morgan fingerprint density at radius 2 is 2.15 bits per heavy atom. The first-order valence-electron chi connectivity index (χ1n) is 7.67. The van der Waals surface area contributed by atoms with Crippen LogP contribution in [0.3, 0.4) is 0 Å². The Morgan fingerprint density at radius 1 is 1.35 bits per heavy atom. The van der Waals surface area contributed by atoms with Crippen molar-refractivity contribution in [1.29, 1.82) is 0 Å². The Morgan fingerprint density at radius 3 is 2.80 bits per heavy atom. The van der Waals surface area contributed by atoms with Crippen molar-refractivity contribution in [2.24, 2.45) is 5.41 Å². The largest absolute Gasteiger partial charge is 0.337 e. The zero-order valence-electron chi connectivity index (χ0n) is 12.5. The molecule has 1 spiro atoms. The number of amides is 1. The zero-order chi connectivity index (χ0) is 14.2. The summed E-state index contributed by atoms with van der Waals surface area (Å²) in [4.78, 5) is 17.0. The van der Waals surface area contributed by atoms with Crippen LogP contribution in [0.15, 0.2) is 6.07 Å². The molecule has 1 atom stereocenters. The minimum absolute atomic E-state index is 0.246. The van der Waals surface area contributed by atoms with Crippen molar-refractivity contribution in [3.63, 3.8) is 0 Å². The molecule has 1 N–H and O–H groups in total. The Hall–Kier alpha value is -0.870. The van der Waals surface area contributed by atoms with E-state index in [4.69, 9.17) is 0 Å². The number of rotatable bonds is 1. The molecule has 1 aromatic rings. The second-order valence-corrected chi connectivity index (χ2v) is 7.72. The third-order valence-electron chi connectivity index (χ3n) is 4.89. The molecule has 4 heteroatoms. The fourth-order valence-corrected chi connectivity index (χ4v) is 4.60.